The van der Waals surface area contributed by atoms with Gasteiger partial charge in [0.1, 0.15) is 5.15 Å². The van der Waals surface area contributed by atoms with Crippen LogP contribution in [-0.2, 0) is 4.74 Å². The molecule has 2 aromatic heterocycles. The average molecular weight is 385 g/mol. The number of nitrogens with zero attached hydrogens (tertiary/aromatic N) is 4. The van der Waals surface area contributed by atoms with Crippen molar-refractivity contribution in [2.24, 2.45) is 0 Å². The average Bonchev–Trinajstić information content (AvgIpc) is 3.20. The lowest BCUT2D eigenvalue weighted by molar-refractivity contribution is 0.0277. The van der Waals surface area contributed by atoms with Crippen LogP contribution < -0.4 is 10.6 Å². The lowest BCUT2D eigenvalue weighted by Gasteiger charge is -2.24. The number of aromatic nitrogens is 4. The molecule has 2 N–H and O–H groups in total. The van der Waals surface area contributed by atoms with E-state index >= 15 is 0 Å². The summed E-state index contributed by atoms with van der Waals surface area (Å²) >= 11 is 5.83. The highest BCUT2D eigenvalue weighted by Gasteiger charge is 2.16. The molecular weight excluding hydrogens is 368 g/mol. The smallest absolute Gasteiger partial charge is 0.258 e. The number of anilines is 1. The number of morpholine rings is 1. The molecule has 1 fully saturated rings. The van der Waals surface area contributed by atoms with Gasteiger partial charge in [-0.3, -0.25) is 9.78 Å². The first-order chi connectivity index (χ1) is 13.2. The maximum Gasteiger partial charge on any atom is 0.258 e. The predicted octanol–water partition coefficient (Wildman–Crippen LogP) is 2.23. The van der Waals surface area contributed by atoms with E-state index in [0.29, 0.717) is 23.7 Å². The van der Waals surface area contributed by atoms with Gasteiger partial charge in [0.25, 0.3) is 5.91 Å². The van der Waals surface area contributed by atoms with Gasteiger partial charge in [-0.05, 0) is 17.7 Å². The van der Waals surface area contributed by atoms with E-state index in [9.17, 15) is 4.79 Å². The first-order valence-electron chi connectivity index (χ1n) is 8.45. The zero-order valence-corrected chi connectivity index (χ0v) is 15.1. The first-order valence-corrected chi connectivity index (χ1v) is 8.83. The molecule has 1 unspecified atom stereocenters. The lowest BCUT2D eigenvalue weighted by Crippen LogP contribution is -2.33. The van der Waals surface area contributed by atoms with Gasteiger partial charge in [0.2, 0.25) is 0 Å². The molecule has 0 radical (unpaired) electrons. The number of carbonyl (C=O) groups is 1. The Balaban J connectivity index is 1.43. The van der Waals surface area contributed by atoms with Gasteiger partial charge in [-0.15, -0.1) is 0 Å². The molecule has 1 saturated heterocycles. The summed E-state index contributed by atoms with van der Waals surface area (Å²) < 4.78 is 7.17. The van der Waals surface area contributed by atoms with Crippen molar-refractivity contribution < 1.29 is 9.53 Å². The topological polar surface area (TPSA) is 94.0 Å². The minimum Gasteiger partial charge on any atom is -0.371 e. The van der Waals surface area contributed by atoms with Gasteiger partial charge in [0.15, 0.2) is 5.82 Å². The highest BCUT2D eigenvalue weighted by atomic mass is 35.5. The molecule has 1 atom stereocenters. The highest BCUT2D eigenvalue weighted by molar-refractivity contribution is 6.29. The van der Waals surface area contributed by atoms with Crippen LogP contribution in [0.4, 0.5) is 5.69 Å². The second kappa shape index (κ2) is 7.83. The van der Waals surface area contributed by atoms with Gasteiger partial charge in [0, 0.05) is 25.0 Å². The number of ether oxygens (including phenoxy) is 1. The quantitative estimate of drug-likeness (QED) is 0.716. The fourth-order valence-corrected chi connectivity index (χ4v) is 2.92. The minimum absolute atomic E-state index is 0.0422. The van der Waals surface area contributed by atoms with E-state index < -0.39 is 0 Å². The van der Waals surface area contributed by atoms with E-state index in [1.807, 2.05) is 24.3 Å². The molecule has 9 heteroatoms. The molecule has 8 nitrogen and oxygen atoms in total. The van der Waals surface area contributed by atoms with Crippen LogP contribution in [0.1, 0.15) is 22.0 Å². The van der Waals surface area contributed by atoms with E-state index in [1.165, 1.54) is 23.3 Å². The summed E-state index contributed by atoms with van der Waals surface area (Å²) in [6, 6.07) is 7.63. The van der Waals surface area contributed by atoms with Crippen molar-refractivity contribution in [1.82, 2.24) is 25.1 Å². The largest absolute Gasteiger partial charge is 0.371 e. The zero-order chi connectivity index (χ0) is 18.6. The summed E-state index contributed by atoms with van der Waals surface area (Å²) in [6.07, 6.45) is 6.03. The number of benzene rings is 1. The van der Waals surface area contributed by atoms with Crippen LogP contribution in [0.25, 0.3) is 5.82 Å². The lowest BCUT2D eigenvalue weighted by atomic mass is 10.1. The standard InChI is InChI=1S/C18H17ClN6O2/c19-16-9-21-10-17(24-16)25-11-13(7-22-25)18(26)23-14-3-1-12(2-4-14)15-8-20-5-6-27-15/h1-4,7,9-11,15,20H,5-6,8H2,(H,23,26). The van der Waals surface area contributed by atoms with Gasteiger partial charge in [-0.1, -0.05) is 23.7 Å². The molecule has 1 aliphatic rings. The molecule has 1 aliphatic heterocycles. The molecule has 1 amide bonds. The van der Waals surface area contributed by atoms with Crippen LogP contribution in [0.15, 0.2) is 49.1 Å². The van der Waals surface area contributed by atoms with Gasteiger partial charge >= 0.3 is 0 Å². The van der Waals surface area contributed by atoms with Crippen molar-refractivity contribution in [3.8, 4) is 5.82 Å². The van der Waals surface area contributed by atoms with Gasteiger partial charge in [-0.25, -0.2) is 9.67 Å². The number of nitrogens with one attached hydrogen (secondary N) is 2. The van der Waals surface area contributed by atoms with Gasteiger partial charge < -0.3 is 15.4 Å². The van der Waals surface area contributed by atoms with Crippen LogP contribution in [0, 0.1) is 0 Å². The molecule has 27 heavy (non-hydrogen) atoms. The van der Waals surface area contributed by atoms with E-state index in [4.69, 9.17) is 16.3 Å². The fraction of sp³-hybridized carbons (Fsp3) is 0.222. The maximum absolute atomic E-state index is 12.5. The summed E-state index contributed by atoms with van der Waals surface area (Å²) in [5.41, 5.74) is 2.18. The molecule has 0 aliphatic carbocycles. The molecule has 0 spiro atoms. The highest BCUT2D eigenvalue weighted by Crippen LogP contribution is 2.21. The molecule has 4 rings (SSSR count). The Morgan fingerprint density at radius 3 is 2.85 bits per heavy atom. The predicted molar refractivity (Wildman–Crippen MR) is 100 cm³/mol. The second-order valence-corrected chi connectivity index (χ2v) is 6.40. The molecule has 3 aromatic rings. The molecular formula is C18H17ClN6O2. The van der Waals surface area contributed by atoms with Crippen molar-refractivity contribution in [3.05, 3.63) is 65.3 Å². The van der Waals surface area contributed by atoms with Crippen molar-refractivity contribution in [2.75, 3.05) is 25.0 Å². The Morgan fingerprint density at radius 2 is 2.11 bits per heavy atom. The fourth-order valence-electron chi connectivity index (χ4n) is 2.77. The number of hydrogen-bond donors (Lipinski definition) is 2. The third-order valence-electron chi connectivity index (χ3n) is 4.14. The summed E-state index contributed by atoms with van der Waals surface area (Å²) in [6.45, 7) is 2.36. The molecule has 138 valence electrons. The molecule has 3 heterocycles. The minimum atomic E-state index is -0.264. The van der Waals surface area contributed by atoms with E-state index in [1.54, 1.807) is 6.20 Å². The van der Waals surface area contributed by atoms with Crippen LogP contribution in [-0.4, -0.2) is 45.4 Å². The van der Waals surface area contributed by atoms with Crippen molar-refractivity contribution in [2.45, 2.75) is 6.10 Å². The third kappa shape index (κ3) is 4.13. The Labute approximate surface area is 160 Å². The van der Waals surface area contributed by atoms with Crippen molar-refractivity contribution >= 4 is 23.2 Å². The van der Waals surface area contributed by atoms with Crippen molar-refractivity contribution in [3.63, 3.8) is 0 Å². The Morgan fingerprint density at radius 1 is 1.26 bits per heavy atom. The summed E-state index contributed by atoms with van der Waals surface area (Å²) in [5, 5.41) is 10.5. The van der Waals surface area contributed by atoms with E-state index in [2.05, 4.69) is 25.7 Å². The van der Waals surface area contributed by atoms with Crippen LogP contribution in [0.5, 0.6) is 0 Å². The van der Waals surface area contributed by atoms with Crippen molar-refractivity contribution in [1.29, 1.82) is 0 Å². The Hall–Kier alpha value is -2.81. The van der Waals surface area contributed by atoms with E-state index in [-0.39, 0.29) is 17.2 Å². The number of amides is 1. The Bertz CT molecular complexity index is 937. The number of halogens is 1. The van der Waals surface area contributed by atoms with Gasteiger partial charge in [-0.2, -0.15) is 5.10 Å². The van der Waals surface area contributed by atoms with E-state index in [0.717, 1.165) is 18.7 Å². The zero-order valence-electron chi connectivity index (χ0n) is 14.3. The Kier molecular flexibility index (Phi) is 5.10. The molecule has 0 saturated carbocycles. The normalized spacial score (nSPS) is 16.9. The monoisotopic (exact) mass is 384 g/mol. The summed E-state index contributed by atoms with van der Waals surface area (Å²) in [4.78, 5) is 20.5. The van der Waals surface area contributed by atoms with Crippen LogP contribution in [0.2, 0.25) is 5.15 Å². The maximum atomic E-state index is 12.5. The number of carbonyl (C=O) groups excluding carboxylic acids is 1. The number of hydrogen-bond acceptors (Lipinski definition) is 6. The summed E-state index contributed by atoms with van der Waals surface area (Å²) in [7, 11) is 0. The first kappa shape index (κ1) is 17.6. The molecule has 1 aromatic carbocycles. The van der Waals surface area contributed by atoms with Crippen LogP contribution in [0.3, 0.4) is 0 Å². The molecule has 0 bridgehead atoms. The SMILES string of the molecule is O=C(Nc1ccc(C2CNCCO2)cc1)c1cnn(-c2cncc(Cl)n2)c1. The van der Waals surface area contributed by atoms with Gasteiger partial charge in [0.05, 0.1) is 36.9 Å². The third-order valence-corrected chi connectivity index (χ3v) is 4.32. The van der Waals surface area contributed by atoms with Crippen LogP contribution >= 0.6 is 11.6 Å². The number of rotatable bonds is 4. The second-order valence-electron chi connectivity index (χ2n) is 6.01. The summed E-state index contributed by atoms with van der Waals surface area (Å²) in [5.74, 6) is 0.173.